The Morgan fingerprint density at radius 2 is 2.00 bits per heavy atom. The summed E-state index contributed by atoms with van der Waals surface area (Å²) in [4.78, 5) is 13.0. The normalized spacial score (nSPS) is 14.1. The number of benzene rings is 1. The van der Waals surface area contributed by atoms with Crippen LogP contribution >= 0.6 is 39.0 Å². The summed E-state index contributed by atoms with van der Waals surface area (Å²) >= 11 is 6.18. The smallest absolute Gasteiger partial charge is 0.194 e. The third kappa shape index (κ3) is 3.46. The van der Waals surface area contributed by atoms with Gasteiger partial charge in [-0.05, 0) is 35.4 Å². The molecule has 0 spiro atoms. The van der Waals surface area contributed by atoms with Crippen LogP contribution in [-0.2, 0) is 4.79 Å². The highest BCUT2D eigenvalue weighted by atomic mass is 79.9. The van der Waals surface area contributed by atoms with E-state index in [1.54, 1.807) is 29.3 Å². The summed E-state index contributed by atoms with van der Waals surface area (Å²) in [7, 11) is 0. The molecule has 0 saturated carbocycles. The van der Waals surface area contributed by atoms with Gasteiger partial charge in [0.05, 0.1) is 0 Å². The maximum atomic E-state index is 14.1. The van der Waals surface area contributed by atoms with Gasteiger partial charge in [0, 0.05) is 9.77 Å². The third-order valence-electron chi connectivity index (χ3n) is 2.70. The summed E-state index contributed by atoms with van der Waals surface area (Å²) in [6, 6.07) is 11.0. The minimum atomic E-state index is -1.57. The number of thiophene rings is 1. The molecule has 0 aliphatic carbocycles. The molecule has 0 N–H and O–H groups in total. The van der Waals surface area contributed by atoms with Gasteiger partial charge in [-0.3, -0.25) is 4.79 Å². The van der Waals surface area contributed by atoms with E-state index in [1.165, 1.54) is 11.3 Å². The van der Waals surface area contributed by atoms with E-state index >= 15 is 0 Å². The van der Waals surface area contributed by atoms with Crippen LogP contribution < -0.4 is 0 Å². The number of hydrogen-bond donors (Lipinski definition) is 0. The number of thioether (sulfide) groups is 1. The lowest BCUT2D eigenvalue weighted by molar-refractivity contribution is -0.123. The number of hydrogen-bond acceptors (Lipinski definition) is 3. The molecule has 19 heavy (non-hydrogen) atoms. The first-order valence-corrected chi connectivity index (χ1v) is 8.64. The van der Waals surface area contributed by atoms with Gasteiger partial charge in [0.2, 0.25) is 0 Å². The van der Waals surface area contributed by atoms with Crippen LogP contribution in [0.25, 0.3) is 0 Å². The van der Waals surface area contributed by atoms with Gasteiger partial charge < -0.3 is 0 Å². The van der Waals surface area contributed by atoms with Crippen molar-refractivity contribution in [3.05, 3.63) is 52.2 Å². The number of carbonyl (C=O) groups is 1. The first-order valence-electron chi connectivity index (χ1n) is 5.62. The van der Waals surface area contributed by atoms with Crippen LogP contribution in [0.2, 0.25) is 0 Å². The Labute approximate surface area is 128 Å². The number of alkyl halides is 2. The van der Waals surface area contributed by atoms with Crippen molar-refractivity contribution < 1.29 is 9.18 Å². The molecule has 1 aromatic carbocycles. The van der Waals surface area contributed by atoms with Gasteiger partial charge >= 0.3 is 0 Å². The van der Waals surface area contributed by atoms with Gasteiger partial charge in [0.15, 0.2) is 12.0 Å². The molecule has 2 unspecified atom stereocenters. The molecule has 2 atom stereocenters. The zero-order chi connectivity index (χ0) is 13.8. The first kappa shape index (κ1) is 14.8. The predicted octanol–water partition coefficient (Wildman–Crippen LogP) is 5.19. The first-order chi connectivity index (χ1) is 9.13. The Bertz CT molecular complexity index is 539. The highest BCUT2D eigenvalue weighted by Gasteiger charge is 2.28. The fraction of sp³-hybridized carbons (Fsp3) is 0.214. The number of Topliss-reactive ketones (excluding diaryl/α,β-unsaturated/α-hetero) is 1. The predicted molar refractivity (Wildman–Crippen MR) is 83.1 cm³/mol. The molecule has 0 saturated heterocycles. The van der Waals surface area contributed by atoms with E-state index < -0.39 is 16.8 Å². The molecule has 100 valence electrons. The minimum absolute atomic E-state index is 0.454. The lowest BCUT2D eigenvalue weighted by Gasteiger charge is -2.12. The monoisotopic (exact) mass is 358 g/mol. The minimum Gasteiger partial charge on any atom is -0.294 e. The van der Waals surface area contributed by atoms with Crippen LogP contribution in [0.5, 0.6) is 0 Å². The molecular weight excluding hydrogens is 347 g/mol. The van der Waals surface area contributed by atoms with Gasteiger partial charge in [0.1, 0.15) is 4.83 Å². The molecule has 0 aliphatic rings. The summed E-state index contributed by atoms with van der Waals surface area (Å²) < 4.78 is 14.1. The second-order valence-corrected chi connectivity index (χ2v) is 6.69. The van der Waals surface area contributed by atoms with Gasteiger partial charge in [0.25, 0.3) is 0 Å². The summed E-state index contributed by atoms with van der Waals surface area (Å²) in [5, 5.41) is 1.77. The van der Waals surface area contributed by atoms with Crippen LogP contribution in [0.15, 0.2) is 46.7 Å². The van der Waals surface area contributed by atoms with Crippen LogP contribution in [0.3, 0.4) is 0 Å². The number of carbonyl (C=O) groups excluding carboxylic acids is 1. The molecule has 2 rings (SSSR count). The Kier molecular flexibility index (Phi) is 5.19. The van der Waals surface area contributed by atoms with Crippen molar-refractivity contribution in [1.29, 1.82) is 0 Å². The highest BCUT2D eigenvalue weighted by molar-refractivity contribution is 9.09. The molecule has 1 nitrogen and oxygen atoms in total. The molecule has 0 fully saturated rings. The molecule has 0 aliphatic heterocycles. The standard InChI is InChI=1S/C14H12BrFOS2/c1-18-10-6-4-9(5-7-10)12(15)14(17)13(16)11-3-2-8-19-11/h2-8,12-13H,1H3. The van der Waals surface area contributed by atoms with Crippen LogP contribution in [0.4, 0.5) is 4.39 Å². The van der Waals surface area contributed by atoms with Crippen LogP contribution in [0.1, 0.15) is 21.4 Å². The largest absolute Gasteiger partial charge is 0.294 e. The van der Waals surface area contributed by atoms with Crippen molar-refractivity contribution in [3.8, 4) is 0 Å². The van der Waals surface area contributed by atoms with E-state index in [-0.39, 0.29) is 0 Å². The highest BCUT2D eigenvalue weighted by Crippen LogP contribution is 2.34. The van der Waals surface area contributed by atoms with Crippen LogP contribution in [-0.4, -0.2) is 12.0 Å². The van der Waals surface area contributed by atoms with E-state index in [9.17, 15) is 9.18 Å². The molecular formula is C14H12BrFOS2. The average molecular weight is 359 g/mol. The fourth-order valence-corrected chi connectivity index (χ4v) is 3.29. The second kappa shape index (κ2) is 6.68. The average Bonchev–Trinajstić information content (AvgIpc) is 2.99. The van der Waals surface area contributed by atoms with E-state index in [1.807, 2.05) is 30.5 Å². The van der Waals surface area contributed by atoms with E-state index in [0.29, 0.717) is 4.88 Å². The molecule has 0 amide bonds. The lowest BCUT2D eigenvalue weighted by atomic mass is 10.1. The van der Waals surface area contributed by atoms with Crippen molar-refractivity contribution in [2.75, 3.05) is 6.26 Å². The quantitative estimate of drug-likeness (QED) is 0.540. The summed E-state index contributed by atoms with van der Waals surface area (Å²) in [5.41, 5.74) is 0.780. The van der Waals surface area contributed by atoms with Gasteiger partial charge in [-0.25, -0.2) is 4.39 Å². The number of rotatable bonds is 5. The number of halogens is 2. The molecule has 0 bridgehead atoms. The third-order valence-corrected chi connectivity index (χ3v) is 5.33. The summed E-state index contributed by atoms with van der Waals surface area (Å²) in [5.74, 6) is -0.459. The fourth-order valence-electron chi connectivity index (χ4n) is 1.64. The Morgan fingerprint density at radius 1 is 1.32 bits per heavy atom. The zero-order valence-corrected chi connectivity index (χ0v) is 13.4. The molecule has 5 heteroatoms. The van der Waals surface area contributed by atoms with Crippen molar-refractivity contribution >= 4 is 44.8 Å². The van der Waals surface area contributed by atoms with Crippen molar-refractivity contribution in [1.82, 2.24) is 0 Å². The van der Waals surface area contributed by atoms with E-state index in [0.717, 1.165) is 10.5 Å². The van der Waals surface area contributed by atoms with Crippen molar-refractivity contribution in [2.24, 2.45) is 0 Å². The van der Waals surface area contributed by atoms with Gasteiger partial charge in [-0.1, -0.05) is 34.1 Å². The molecule has 1 aromatic heterocycles. The van der Waals surface area contributed by atoms with Gasteiger partial charge in [-0.2, -0.15) is 0 Å². The Balaban J connectivity index is 2.14. The van der Waals surface area contributed by atoms with Crippen LogP contribution in [0, 0.1) is 0 Å². The second-order valence-electron chi connectivity index (χ2n) is 3.92. The molecule has 2 aromatic rings. The number of ketones is 1. The zero-order valence-electron chi connectivity index (χ0n) is 10.2. The summed E-state index contributed by atoms with van der Waals surface area (Å²) in [6.45, 7) is 0. The van der Waals surface area contributed by atoms with Gasteiger partial charge in [-0.15, -0.1) is 23.1 Å². The molecule has 1 heterocycles. The molecule has 0 radical (unpaired) electrons. The van der Waals surface area contributed by atoms with E-state index in [4.69, 9.17) is 0 Å². The van der Waals surface area contributed by atoms with E-state index in [2.05, 4.69) is 15.9 Å². The lowest BCUT2D eigenvalue weighted by Crippen LogP contribution is -2.12. The van der Waals surface area contributed by atoms with Crippen molar-refractivity contribution in [2.45, 2.75) is 15.9 Å². The Morgan fingerprint density at radius 3 is 2.53 bits per heavy atom. The summed E-state index contributed by atoms with van der Waals surface area (Å²) in [6.07, 6.45) is 0.421. The Hall–Kier alpha value is -0.650. The SMILES string of the molecule is CSc1ccc(C(Br)C(=O)C(F)c2cccs2)cc1. The maximum absolute atomic E-state index is 14.1. The van der Waals surface area contributed by atoms with Crippen molar-refractivity contribution in [3.63, 3.8) is 0 Å². The maximum Gasteiger partial charge on any atom is 0.194 e. The topological polar surface area (TPSA) is 17.1 Å².